The van der Waals surface area contributed by atoms with Crippen LogP contribution in [0, 0.1) is 12.8 Å². The van der Waals surface area contributed by atoms with Crippen LogP contribution in [0.25, 0.3) is 11.4 Å². The van der Waals surface area contributed by atoms with Gasteiger partial charge in [0.1, 0.15) is 11.5 Å². The number of carbonyl (C=O) groups is 1. The zero-order chi connectivity index (χ0) is 19.0. The number of H-pyrrole nitrogens is 1. The van der Waals surface area contributed by atoms with Crippen LogP contribution in [0.3, 0.4) is 0 Å². The van der Waals surface area contributed by atoms with Gasteiger partial charge in [-0.05, 0) is 25.7 Å². The molecule has 0 aliphatic heterocycles. The number of nitrogens with one attached hydrogen (secondary N) is 2. The number of amides is 1. The Hall–Kier alpha value is -2.93. The lowest BCUT2D eigenvalue weighted by molar-refractivity contribution is 0.0234. The Bertz CT molecular complexity index is 940. The Kier molecular flexibility index (Phi) is 4.53. The third kappa shape index (κ3) is 3.50. The van der Waals surface area contributed by atoms with Gasteiger partial charge >= 0.3 is 0 Å². The Labute approximate surface area is 157 Å². The molecule has 7 heteroatoms. The number of carbonyl (C=O) groups excluding carboxylic acids is 1. The molecule has 1 amide bonds. The fraction of sp³-hybridized carbons (Fsp3) is 0.350. The van der Waals surface area contributed by atoms with E-state index in [1.807, 2.05) is 50.5 Å². The molecule has 1 saturated carbocycles. The second kappa shape index (κ2) is 7.00. The Balaban J connectivity index is 1.57. The standard InChI is InChI=1S/C20H23N5O2/c1-12-17(23-19(22-12)13-6-4-3-5-7-13)20(27)24-18(14-8-16(26)9-14)15-10-21-25(2)11-15/h3-7,10-11,14,16,18,26H,8-9H2,1-2H3,(H,22,23)(H,24,27). The first kappa shape index (κ1) is 17.5. The highest BCUT2D eigenvalue weighted by Crippen LogP contribution is 2.38. The molecule has 2 heterocycles. The zero-order valence-corrected chi connectivity index (χ0v) is 15.4. The van der Waals surface area contributed by atoms with Crippen LogP contribution in [0.1, 0.15) is 40.6 Å². The summed E-state index contributed by atoms with van der Waals surface area (Å²) in [6.45, 7) is 1.85. The Morgan fingerprint density at radius 1 is 1.33 bits per heavy atom. The molecule has 1 atom stereocenters. The van der Waals surface area contributed by atoms with Crippen LogP contribution >= 0.6 is 0 Å². The minimum absolute atomic E-state index is 0.189. The van der Waals surface area contributed by atoms with Gasteiger partial charge in [-0.2, -0.15) is 5.10 Å². The van der Waals surface area contributed by atoms with Gasteiger partial charge in [0.25, 0.3) is 5.91 Å². The minimum atomic E-state index is -0.289. The molecular formula is C20H23N5O2. The van der Waals surface area contributed by atoms with Crippen LogP contribution in [0.5, 0.6) is 0 Å². The first-order valence-corrected chi connectivity index (χ1v) is 9.10. The highest BCUT2D eigenvalue weighted by Gasteiger charge is 2.36. The van der Waals surface area contributed by atoms with Crippen molar-refractivity contribution in [2.24, 2.45) is 13.0 Å². The summed E-state index contributed by atoms with van der Waals surface area (Å²) < 4.78 is 1.72. The van der Waals surface area contributed by atoms with E-state index in [0.29, 0.717) is 24.4 Å². The maximum absolute atomic E-state index is 12.9. The number of aromatic nitrogens is 4. The van der Waals surface area contributed by atoms with Crippen molar-refractivity contribution in [1.29, 1.82) is 0 Å². The predicted octanol–water partition coefficient (Wildman–Crippen LogP) is 2.36. The largest absolute Gasteiger partial charge is 0.393 e. The molecule has 140 valence electrons. The lowest BCUT2D eigenvalue weighted by Crippen LogP contribution is -2.41. The van der Waals surface area contributed by atoms with Gasteiger partial charge in [-0.25, -0.2) is 4.98 Å². The van der Waals surface area contributed by atoms with E-state index in [-0.39, 0.29) is 24.0 Å². The quantitative estimate of drug-likeness (QED) is 0.647. The van der Waals surface area contributed by atoms with Crippen LogP contribution in [-0.2, 0) is 7.05 Å². The molecule has 0 spiro atoms. The highest BCUT2D eigenvalue weighted by atomic mass is 16.3. The van der Waals surface area contributed by atoms with Crippen molar-refractivity contribution in [3.8, 4) is 11.4 Å². The van der Waals surface area contributed by atoms with Gasteiger partial charge in [0.05, 0.1) is 18.3 Å². The molecule has 7 nitrogen and oxygen atoms in total. The lowest BCUT2D eigenvalue weighted by atomic mass is 9.75. The second-order valence-corrected chi connectivity index (χ2v) is 7.21. The van der Waals surface area contributed by atoms with Crippen molar-refractivity contribution in [1.82, 2.24) is 25.1 Å². The van der Waals surface area contributed by atoms with Crippen molar-refractivity contribution in [2.75, 3.05) is 0 Å². The molecule has 27 heavy (non-hydrogen) atoms. The SMILES string of the molecule is Cc1[nH]c(-c2ccccc2)nc1C(=O)NC(c1cnn(C)c1)C1CC(O)C1. The number of hydrogen-bond acceptors (Lipinski definition) is 4. The molecule has 2 aromatic heterocycles. The third-order valence-electron chi connectivity index (χ3n) is 5.14. The topological polar surface area (TPSA) is 95.8 Å². The van der Waals surface area contributed by atoms with E-state index < -0.39 is 0 Å². The predicted molar refractivity (Wildman–Crippen MR) is 101 cm³/mol. The number of aryl methyl sites for hydroxylation is 2. The normalized spacial score (nSPS) is 20.1. The van der Waals surface area contributed by atoms with Crippen LogP contribution in [0.15, 0.2) is 42.7 Å². The van der Waals surface area contributed by atoms with E-state index in [4.69, 9.17) is 0 Å². The summed E-state index contributed by atoms with van der Waals surface area (Å²) in [5.74, 6) is 0.650. The van der Waals surface area contributed by atoms with Gasteiger partial charge in [0, 0.05) is 30.1 Å². The molecule has 4 rings (SSSR count). The summed E-state index contributed by atoms with van der Waals surface area (Å²) in [6.07, 6.45) is 4.73. The van der Waals surface area contributed by atoms with E-state index in [9.17, 15) is 9.90 Å². The summed E-state index contributed by atoms with van der Waals surface area (Å²) in [4.78, 5) is 20.7. The van der Waals surface area contributed by atoms with E-state index in [1.54, 1.807) is 10.9 Å². The molecule has 3 aromatic rings. The minimum Gasteiger partial charge on any atom is -0.393 e. The van der Waals surface area contributed by atoms with E-state index >= 15 is 0 Å². The molecule has 1 unspecified atom stereocenters. The lowest BCUT2D eigenvalue weighted by Gasteiger charge is -2.37. The van der Waals surface area contributed by atoms with Gasteiger partial charge in [0.2, 0.25) is 0 Å². The van der Waals surface area contributed by atoms with Gasteiger partial charge < -0.3 is 15.4 Å². The number of nitrogens with zero attached hydrogens (tertiary/aromatic N) is 3. The Morgan fingerprint density at radius 3 is 2.70 bits per heavy atom. The van der Waals surface area contributed by atoms with Crippen molar-refractivity contribution in [3.63, 3.8) is 0 Å². The summed E-state index contributed by atoms with van der Waals surface area (Å²) >= 11 is 0. The summed E-state index contributed by atoms with van der Waals surface area (Å²) in [7, 11) is 1.85. The van der Waals surface area contributed by atoms with Crippen LogP contribution < -0.4 is 5.32 Å². The van der Waals surface area contributed by atoms with Gasteiger partial charge in [-0.1, -0.05) is 30.3 Å². The highest BCUT2D eigenvalue weighted by molar-refractivity contribution is 5.94. The van der Waals surface area contributed by atoms with Crippen LogP contribution in [0.4, 0.5) is 0 Å². The number of aromatic amines is 1. The van der Waals surface area contributed by atoms with Crippen molar-refractivity contribution in [2.45, 2.75) is 31.9 Å². The number of aliphatic hydroxyl groups is 1. The molecule has 1 aromatic carbocycles. The molecule has 3 N–H and O–H groups in total. The Morgan fingerprint density at radius 2 is 2.07 bits per heavy atom. The van der Waals surface area contributed by atoms with E-state index in [1.165, 1.54) is 0 Å². The fourth-order valence-corrected chi connectivity index (χ4v) is 3.60. The molecule has 1 aliphatic rings. The van der Waals surface area contributed by atoms with Crippen molar-refractivity contribution < 1.29 is 9.90 Å². The summed E-state index contributed by atoms with van der Waals surface area (Å²) in [6, 6.07) is 9.53. The summed E-state index contributed by atoms with van der Waals surface area (Å²) in [5.41, 5.74) is 3.00. The maximum atomic E-state index is 12.9. The third-order valence-corrected chi connectivity index (χ3v) is 5.14. The maximum Gasteiger partial charge on any atom is 0.272 e. The smallest absolute Gasteiger partial charge is 0.272 e. The molecular weight excluding hydrogens is 342 g/mol. The monoisotopic (exact) mass is 365 g/mol. The molecule has 0 saturated heterocycles. The zero-order valence-electron chi connectivity index (χ0n) is 15.4. The molecule has 1 fully saturated rings. The van der Waals surface area contributed by atoms with E-state index in [0.717, 1.165) is 16.8 Å². The van der Waals surface area contributed by atoms with Crippen LogP contribution in [-0.4, -0.2) is 36.9 Å². The molecule has 1 aliphatic carbocycles. The summed E-state index contributed by atoms with van der Waals surface area (Å²) in [5, 5.41) is 17.0. The first-order valence-electron chi connectivity index (χ1n) is 9.10. The van der Waals surface area contributed by atoms with E-state index in [2.05, 4.69) is 20.4 Å². The van der Waals surface area contributed by atoms with Crippen molar-refractivity contribution >= 4 is 5.91 Å². The number of benzene rings is 1. The average molecular weight is 365 g/mol. The van der Waals surface area contributed by atoms with Crippen LogP contribution in [0.2, 0.25) is 0 Å². The first-order chi connectivity index (χ1) is 13.0. The average Bonchev–Trinajstić information content (AvgIpc) is 3.24. The number of rotatable bonds is 5. The second-order valence-electron chi connectivity index (χ2n) is 7.21. The molecule has 0 radical (unpaired) electrons. The number of hydrogen-bond donors (Lipinski definition) is 3. The van der Waals surface area contributed by atoms with Gasteiger partial charge in [-0.15, -0.1) is 0 Å². The van der Waals surface area contributed by atoms with Gasteiger partial charge in [0.15, 0.2) is 0 Å². The van der Waals surface area contributed by atoms with Crippen molar-refractivity contribution in [3.05, 3.63) is 59.7 Å². The fourth-order valence-electron chi connectivity index (χ4n) is 3.60. The van der Waals surface area contributed by atoms with Gasteiger partial charge in [-0.3, -0.25) is 9.48 Å². The number of imidazole rings is 1. The molecule has 0 bridgehead atoms. The number of aliphatic hydroxyl groups excluding tert-OH is 1.